The Hall–Kier alpha value is -1.00. The molecule has 1 aliphatic heterocycles. The summed E-state index contributed by atoms with van der Waals surface area (Å²) in [5.74, 6) is -0.252. The normalized spacial score (nSPS) is 20.7. The summed E-state index contributed by atoms with van der Waals surface area (Å²) in [6.07, 6.45) is 5.38. The minimum atomic E-state index is -0.252. The monoisotopic (exact) mass is 210 g/mol. The Balaban J connectivity index is 1.75. The standard InChI is InChI=1S/C11H15FN2O/c12-11-8-13-4-3-9(11)6-14-7-10-2-1-5-15-10/h3-4,8,10,14H,1-2,5-7H2. The van der Waals surface area contributed by atoms with Crippen molar-refractivity contribution in [2.75, 3.05) is 13.2 Å². The summed E-state index contributed by atoms with van der Waals surface area (Å²) in [6.45, 7) is 2.19. The van der Waals surface area contributed by atoms with Gasteiger partial charge in [-0.25, -0.2) is 4.39 Å². The second-order valence-corrected chi connectivity index (χ2v) is 3.73. The van der Waals surface area contributed by atoms with Gasteiger partial charge in [0.1, 0.15) is 5.82 Å². The summed E-state index contributed by atoms with van der Waals surface area (Å²) in [7, 11) is 0. The maximum Gasteiger partial charge on any atom is 0.145 e. The molecule has 0 radical (unpaired) electrons. The van der Waals surface area contributed by atoms with Crippen LogP contribution >= 0.6 is 0 Å². The minimum absolute atomic E-state index is 0.252. The zero-order valence-electron chi connectivity index (χ0n) is 8.58. The summed E-state index contributed by atoms with van der Waals surface area (Å²) in [5.41, 5.74) is 0.656. The summed E-state index contributed by atoms with van der Waals surface area (Å²) in [4.78, 5) is 3.70. The fourth-order valence-corrected chi connectivity index (χ4v) is 1.72. The molecule has 4 heteroatoms. The van der Waals surface area contributed by atoms with Crippen LogP contribution in [0.3, 0.4) is 0 Å². The van der Waals surface area contributed by atoms with Crippen molar-refractivity contribution in [2.45, 2.75) is 25.5 Å². The zero-order valence-corrected chi connectivity index (χ0v) is 8.58. The molecule has 15 heavy (non-hydrogen) atoms. The van der Waals surface area contributed by atoms with Crippen LogP contribution in [-0.4, -0.2) is 24.2 Å². The van der Waals surface area contributed by atoms with E-state index in [0.29, 0.717) is 18.2 Å². The average Bonchev–Trinajstić information content (AvgIpc) is 2.74. The molecule has 0 saturated carbocycles. The van der Waals surface area contributed by atoms with Crippen LogP contribution in [0, 0.1) is 5.82 Å². The predicted molar refractivity (Wildman–Crippen MR) is 54.9 cm³/mol. The first-order valence-corrected chi connectivity index (χ1v) is 5.27. The van der Waals surface area contributed by atoms with Gasteiger partial charge >= 0.3 is 0 Å². The highest BCUT2D eigenvalue weighted by Gasteiger charge is 2.14. The van der Waals surface area contributed by atoms with E-state index in [1.54, 1.807) is 12.3 Å². The molecule has 0 aromatic carbocycles. The van der Waals surface area contributed by atoms with Gasteiger partial charge in [-0.2, -0.15) is 0 Å². The van der Waals surface area contributed by atoms with Gasteiger partial charge in [-0.05, 0) is 18.9 Å². The first-order chi connectivity index (χ1) is 7.36. The van der Waals surface area contributed by atoms with Crippen molar-refractivity contribution in [3.05, 3.63) is 29.8 Å². The fraction of sp³-hybridized carbons (Fsp3) is 0.545. The molecule has 1 aromatic heterocycles. The molecule has 0 bridgehead atoms. The largest absolute Gasteiger partial charge is 0.377 e. The number of halogens is 1. The van der Waals surface area contributed by atoms with Gasteiger partial charge in [0.15, 0.2) is 0 Å². The second kappa shape index (κ2) is 5.19. The summed E-state index contributed by atoms with van der Waals surface area (Å²) in [6, 6.07) is 1.69. The smallest absolute Gasteiger partial charge is 0.145 e. The predicted octanol–water partition coefficient (Wildman–Crippen LogP) is 1.49. The third kappa shape index (κ3) is 2.97. The van der Waals surface area contributed by atoms with Gasteiger partial charge in [0, 0.05) is 31.5 Å². The van der Waals surface area contributed by atoms with E-state index in [9.17, 15) is 4.39 Å². The van der Waals surface area contributed by atoms with Crippen LogP contribution in [0.25, 0.3) is 0 Å². The van der Waals surface area contributed by atoms with Crippen LogP contribution in [0.4, 0.5) is 4.39 Å². The minimum Gasteiger partial charge on any atom is -0.377 e. The molecular formula is C11H15FN2O. The maximum absolute atomic E-state index is 13.2. The number of hydrogen-bond acceptors (Lipinski definition) is 3. The van der Waals surface area contributed by atoms with Gasteiger partial charge in [0.25, 0.3) is 0 Å². The van der Waals surface area contributed by atoms with E-state index in [1.807, 2.05) is 0 Å². The first-order valence-electron chi connectivity index (χ1n) is 5.27. The van der Waals surface area contributed by atoms with Crippen LogP contribution in [0.2, 0.25) is 0 Å². The molecule has 1 atom stereocenters. The summed E-state index contributed by atoms with van der Waals surface area (Å²) < 4.78 is 18.6. The highest BCUT2D eigenvalue weighted by Crippen LogP contribution is 2.11. The van der Waals surface area contributed by atoms with Crippen molar-refractivity contribution in [1.29, 1.82) is 0 Å². The SMILES string of the molecule is Fc1cnccc1CNCC1CCCO1. The highest BCUT2D eigenvalue weighted by molar-refractivity contribution is 5.11. The van der Waals surface area contributed by atoms with Gasteiger partial charge < -0.3 is 10.1 Å². The Bertz CT molecular complexity index is 313. The molecule has 2 rings (SSSR count). The second-order valence-electron chi connectivity index (χ2n) is 3.73. The Morgan fingerprint density at radius 1 is 1.60 bits per heavy atom. The van der Waals surface area contributed by atoms with Gasteiger partial charge in [-0.1, -0.05) is 0 Å². The zero-order chi connectivity index (χ0) is 10.5. The summed E-state index contributed by atoms with van der Waals surface area (Å²) >= 11 is 0. The molecule has 0 amide bonds. The molecule has 0 spiro atoms. The maximum atomic E-state index is 13.2. The van der Waals surface area contributed by atoms with E-state index in [-0.39, 0.29) is 5.82 Å². The molecular weight excluding hydrogens is 195 g/mol. The van der Waals surface area contributed by atoms with Gasteiger partial charge in [-0.3, -0.25) is 4.98 Å². The number of aromatic nitrogens is 1. The molecule has 1 aliphatic rings. The number of nitrogens with one attached hydrogen (secondary N) is 1. The Labute approximate surface area is 88.7 Å². The lowest BCUT2D eigenvalue weighted by Crippen LogP contribution is -2.26. The molecule has 82 valence electrons. The average molecular weight is 210 g/mol. The molecule has 0 aliphatic carbocycles. The van der Waals surface area contributed by atoms with Gasteiger partial charge in [0.2, 0.25) is 0 Å². The number of ether oxygens (including phenoxy) is 1. The fourth-order valence-electron chi connectivity index (χ4n) is 1.72. The van der Waals surface area contributed by atoms with E-state index in [2.05, 4.69) is 10.3 Å². The van der Waals surface area contributed by atoms with E-state index in [4.69, 9.17) is 4.74 Å². The van der Waals surface area contributed by atoms with E-state index in [1.165, 1.54) is 6.20 Å². The van der Waals surface area contributed by atoms with Crippen LogP contribution < -0.4 is 5.32 Å². The molecule has 2 heterocycles. The molecule has 3 nitrogen and oxygen atoms in total. The molecule has 1 aromatic rings. The quantitative estimate of drug-likeness (QED) is 0.817. The number of pyridine rings is 1. The third-order valence-corrected chi connectivity index (χ3v) is 2.57. The van der Waals surface area contributed by atoms with Crippen molar-refractivity contribution in [1.82, 2.24) is 10.3 Å². The lowest BCUT2D eigenvalue weighted by molar-refractivity contribution is 0.110. The van der Waals surface area contributed by atoms with Gasteiger partial charge in [0.05, 0.1) is 12.3 Å². The van der Waals surface area contributed by atoms with E-state index < -0.39 is 0 Å². The Morgan fingerprint density at radius 2 is 2.53 bits per heavy atom. The molecule has 1 N–H and O–H groups in total. The van der Waals surface area contributed by atoms with Crippen LogP contribution in [0.5, 0.6) is 0 Å². The number of rotatable bonds is 4. The van der Waals surface area contributed by atoms with Gasteiger partial charge in [-0.15, -0.1) is 0 Å². The van der Waals surface area contributed by atoms with Crippen LogP contribution in [-0.2, 0) is 11.3 Å². The molecule has 1 unspecified atom stereocenters. The van der Waals surface area contributed by atoms with Crippen LogP contribution in [0.15, 0.2) is 18.5 Å². The lowest BCUT2D eigenvalue weighted by Gasteiger charge is -2.10. The van der Waals surface area contributed by atoms with Crippen molar-refractivity contribution in [2.24, 2.45) is 0 Å². The Morgan fingerprint density at radius 3 is 3.27 bits per heavy atom. The summed E-state index contributed by atoms with van der Waals surface area (Å²) in [5, 5.41) is 3.19. The molecule has 1 fully saturated rings. The van der Waals surface area contributed by atoms with Crippen molar-refractivity contribution in [3.63, 3.8) is 0 Å². The Kier molecular flexibility index (Phi) is 3.64. The van der Waals surface area contributed by atoms with E-state index >= 15 is 0 Å². The van der Waals surface area contributed by atoms with Crippen molar-refractivity contribution in [3.8, 4) is 0 Å². The number of hydrogen-bond donors (Lipinski definition) is 1. The van der Waals surface area contributed by atoms with E-state index in [0.717, 1.165) is 26.0 Å². The number of nitrogens with zero attached hydrogens (tertiary/aromatic N) is 1. The first kappa shape index (κ1) is 10.5. The van der Waals surface area contributed by atoms with Crippen molar-refractivity contribution >= 4 is 0 Å². The van der Waals surface area contributed by atoms with Crippen LogP contribution in [0.1, 0.15) is 18.4 Å². The van der Waals surface area contributed by atoms with Crippen molar-refractivity contribution < 1.29 is 9.13 Å². The lowest BCUT2D eigenvalue weighted by atomic mass is 10.2. The third-order valence-electron chi connectivity index (χ3n) is 2.57. The highest BCUT2D eigenvalue weighted by atomic mass is 19.1. The molecule has 1 saturated heterocycles. The topological polar surface area (TPSA) is 34.2 Å².